The molecule has 1 aliphatic rings. The van der Waals surface area contributed by atoms with Crippen molar-refractivity contribution >= 4 is 26.4 Å². The van der Waals surface area contributed by atoms with Gasteiger partial charge in [-0.3, -0.25) is 4.79 Å². The molecule has 0 N–H and O–H groups in total. The zero-order chi connectivity index (χ0) is 24.6. The van der Waals surface area contributed by atoms with E-state index in [0.717, 1.165) is 31.5 Å². The molecular formula is C28H27FN2O3S. The van der Waals surface area contributed by atoms with Gasteiger partial charge in [-0.1, -0.05) is 55.5 Å². The number of benzene rings is 3. The van der Waals surface area contributed by atoms with Crippen molar-refractivity contribution in [1.29, 1.82) is 0 Å². The van der Waals surface area contributed by atoms with E-state index in [4.69, 9.17) is 0 Å². The molecule has 0 radical (unpaired) electrons. The average Bonchev–Trinajstić information content (AvgIpc) is 2.86. The number of piperidine rings is 1. The third-order valence-corrected chi connectivity index (χ3v) is 8.42. The summed E-state index contributed by atoms with van der Waals surface area (Å²) in [6.07, 6.45) is 3.48. The van der Waals surface area contributed by atoms with E-state index < -0.39 is 21.1 Å². The summed E-state index contributed by atoms with van der Waals surface area (Å²) in [4.78, 5) is 15.2. The number of sulfone groups is 1. The molecule has 0 unspecified atom stereocenters. The van der Waals surface area contributed by atoms with Crippen LogP contribution in [0.25, 0.3) is 10.9 Å². The molecule has 0 aliphatic carbocycles. The molecular weight excluding hydrogens is 463 g/mol. The summed E-state index contributed by atoms with van der Waals surface area (Å²) in [5.74, 6) is -0.0621. The van der Waals surface area contributed by atoms with Gasteiger partial charge in [-0.15, -0.1) is 0 Å². The maximum Gasteiger partial charge on any atom is 0.211 e. The number of hydrogen-bond acceptors (Lipinski definition) is 4. The maximum atomic E-state index is 15.4. The standard InChI is InChI=1S/C28H27FN2O3S/c1-20-9-8-14-30(17-20)26-16-25-23(15-24(26)29)28(32)27(35(33,34)22-12-6-3-7-13-22)19-31(25)18-21-10-4-2-5-11-21/h2-7,10-13,15-16,19-20H,8-9,14,17-18H2,1H3/t20-/m1/s1. The fourth-order valence-corrected chi connectivity index (χ4v) is 6.24. The molecule has 0 saturated carbocycles. The Morgan fingerprint density at radius 1 is 1.00 bits per heavy atom. The Hall–Kier alpha value is -3.45. The van der Waals surface area contributed by atoms with Gasteiger partial charge in [-0.25, -0.2) is 12.8 Å². The number of nitrogens with zero attached hydrogens (tertiary/aromatic N) is 2. The summed E-state index contributed by atoms with van der Waals surface area (Å²) in [7, 11) is -4.09. The number of halogens is 1. The first kappa shape index (κ1) is 23.3. The van der Waals surface area contributed by atoms with Crippen molar-refractivity contribution in [2.75, 3.05) is 18.0 Å². The van der Waals surface area contributed by atoms with Gasteiger partial charge in [-0.2, -0.15) is 0 Å². The summed E-state index contributed by atoms with van der Waals surface area (Å²) >= 11 is 0. The summed E-state index contributed by atoms with van der Waals surface area (Å²) in [5.41, 5.74) is 1.22. The first-order valence-corrected chi connectivity index (χ1v) is 13.3. The van der Waals surface area contributed by atoms with Gasteiger partial charge in [0.25, 0.3) is 0 Å². The van der Waals surface area contributed by atoms with Crippen LogP contribution in [-0.4, -0.2) is 26.1 Å². The van der Waals surface area contributed by atoms with Crippen molar-refractivity contribution in [3.63, 3.8) is 0 Å². The van der Waals surface area contributed by atoms with Crippen LogP contribution in [-0.2, 0) is 16.4 Å². The fourth-order valence-electron chi connectivity index (χ4n) is 4.85. The van der Waals surface area contributed by atoms with Crippen LogP contribution in [0.4, 0.5) is 10.1 Å². The zero-order valence-corrected chi connectivity index (χ0v) is 20.3. The van der Waals surface area contributed by atoms with Gasteiger partial charge in [0.15, 0.2) is 0 Å². The molecule has 2 heterocycles. The topological polar surface area (TPSA) is 59.4 Å². The summed E-state index contributed by atoms with van der Waals surface area (Å²) in [6.45, 7) is 3.98. The second kappa shape index (κ2) is 9.30. The molecule has 3 aromatic carbocycles. The predicted molar refractivity (Wildman–Crippen MR) is 136 cm³/mol. The number of rotatable bonds is 5. The van der Waals surface area contributed by atoms with E-state index >= 15 is 4.39 Å². The highest BCUT2D eigenvalue weighted by Gasteiger charge is 2.26. The molecule has 1 atom stereocenters. The molecule has 180 valence electrons. The van der Waals surface area contributed by atoms with E-state index in [1.807, 2.05) is 35.2 Å². The highest BCUT2D eigenvalue weighted by molar-refractivity contribution is 7.91. The van der Waals surface area contributed by atoms with Gasteiger partial charge in [0, 0.05) is 25.8 Å². The minimum Gasteiger partial charge on any atom is -0.369 e. The zero-order valence-electron chi connectivity index (χ0n) is 19.5. The van der Waals surface area contributed by atoms with Crippen molar-refractivity contribution in [1.82, 2.24) is 4.57 Å². The van der Waals surface area contributed by atoms with Gasteiger partial charge in [0.05, 0.1) is 21.5 Å². The number of pyridine rings is 1. The van der Waals surface area contributed by atoms with Gasteiger partial charge in [-0.05, 0) is 48.6 Å². The van der Waals surface area contributed by atoms with Gasteiger partial charge >= 0.3 is 0 Å². The number of anilines is 1. The highest BCUT2D eigenvalue weighted by atomic mass is 32.2. The number of fused-ring (bicyclic) bond motifs is 1. The van der Waals surface area contributed by atoms with Crippen LogP contribution in [0.5, 0.6) is 0 Å². The lowest BCUT2D eigenvalue weighted by Gasteiger charge is -2.33. The molecule has 0 bridgehead atoms. The van der Waals surface area contributed by atoms with Crippen LogP contribution in [0, 0.1) is 11.7 Å². The third-order valence-electron chi connectivity index (χ3n) is 6.65. The molecule has 5 nitrogen and oxygen atoms in total. The molecule has 0 amide bonds. The minimum absolute atomic E-state index is 0.0297. The summed E-state index contributed by atoms with van der Waals surface area (Å²) in [6, 6.07) is 20.4. The Morgan fingerprint density at radius 2 is 1.69 bits per heavy atom. The van der Waals surface area contributed by atoms with Crippen LogP contribution in [0.3, 0.4) is 0 Å². The quantitative estimate of drug-likeness (QED) is 0.383. The fraction of sp³-hybridized carbons (Fsp3) is 0.250. The van der Waals surface area contributed by atoms with E-state index in [0.29, 0.717) is 23.7 Å². The predicted octanol–water partition coefficient (Wildman–Crippen LogP) is 5.26. The van der Waals surface area contributed by atoms with Crippen molar-refractivity contribution in [3.05, 3.63) is 101 Å². The molecule has 7 heteroatoms. The van der Waals surface area contributed by atoms with Crippen LogP contribution < -0.4 is 10.3 Å². The van der Waals surface area contributed by atoms with Gasteiger partial charge in [0.1, 0.15) is 10.7 Å². The number of aromatic nitrogens is 1. The third kappa shape index (κ3) is 4.48. The Bertz CT molecular complexity index is 1530. The SMILES string of the molecule is C[C@@H]1CCCN(c2cc3c(cc2F)c(=O)c(S(=O)(=O)c2ccccc2)cn3Cc2ccccc2)C1. The highest BCUT2D eigenvalue weighted by Crippen LogP contribution is 2.30. The van der Waals surface area contributed by atoms with E-state index in [-0.39, 0.29) is 15.2 Å². The van der Waals surface area contributed by atoms with Crippen LogP contribution in [0.15, 0.2) is 93.6 Å². The number of hydrogen-bond donors (Lipinski definition) is 0. The van der Waals surface area contributed by atoms with Crippen molar-refractivity contribution < 1.29 is 12.8 Å². The van der Waals surface area contributed by atoms with E-state index in [9.17, 15) is 13.2 Å². The summed E-state index contributed by atoms with van der Waals surface area (Å²) < 4.78 is 44.0. The first-order valence-electron chi connectivity index (χ1n) is 11.8. The largest absolute Gasteiger partial charge is 0.369 e. The van der Waals surface area contributed by atoms with E-state index in [1.165, 1.54) is 24.4 Å². The summed E-state index contributed by atoms with van der Waals surface area (Å²) in [5, 5.41) is 0.0595. The first-order chi connectivity index (χ1) is 16.8. The molecule has 1 aliphatic heterocycles. The molecule has 4 aromatic rings. The average molecular weight is 491 g/mol. The lowest BCUT2D eigenvalue weighted by atomic mass is 9.99. The second-order valence-corrected chi connectivity index (χ2v) is 11.2. The monoisotopic (exact) mass is 490 g/mol. The Labute approximate surface area is 204 Å². The van der Waals surface area contributed by atoms with Crippen LogP contribution >= 0.6 is 0 Å². The van der Waals surface area contributed by atoms with Crippen LogP contribution in [0.2, 0.25) is 0 Å². The molecule has 1 fully saturated rings. The van der Waals surface area contributed by atoms with Crippen molar-refractivity contribution in [3.8, 4) is 0 Å². The Balaban J connectivity index is 1.74. The van der Waals surface area contributed by atoms with Crippen molar-refractivity contribution in [2.24, 2.45) is 5.92 Å². The lowest BCUT2D eigenvalue weighted by Crippen LogP contribution is -2.35. The minimum atomic E-state index is -4.09. The van der Waals surface area contributed by atoms with E-state index in [2.05, 4.69) is 6.92 Å². The van der Waals surface area contributed by atoms with Crippen molar-refractivity contribution in [2.45, 2.75) is 36.1 Å². The molecule has 1 saturated heterocycles. The molecule has 1 aromatic heterocycles. The smallest absolute Gasteiger partial charge is 0.211 e. The Morgan fingerprint density at radius 3 is 2.37 bits per heavy atom. The van der Waals surface area contributed by atoms with Crippen LogP contribution in [0.1, 0.15) is 25.3 Å². The van der Waals surface area contributed by atoms with Gasteiger partial charge in [0.2, 0.25) is 15.3 Å². The lowest BCUT2D eigenvalue weighted by molar-refractivity contribution is 0.442. The van der Waals surface area contributed by atoms with E-state index in [1.54, 1.807) is 28.8 Å². The molecule has 0 spiro atoms. The molecule has 35 heavy (non-hydrogen) atoms. The second-order valence-electron chi connectivity index (χ2n) is 9.27. The Kier molecular flexibility index (Phi) is 6.19. The molecule has 5 rings (SSSR count). The normalized spacial score (nSPS) is 16.5. The maximum absolute atomic E-state index is 15.4. The van der Waals surface area contributed by atoms with Gasteiger partial charge < -0.3 is 9.47 Å².